The van der Waals surface area contributed by atoms with Crippen molar-refractivity contribution in [1.29, 1.82) is 0 Å². The lowest BCUT2D eigenvalue weighted by molar-refractivity contribution is -0.170. The molecule has 1 aromatic carbocycles. The van der Waals surface area contributed by atoms with E-state index in [1.807, 2.05) is 0 Å². The van der Waals surface area contributed by atoms with Crippen LogP contribution in [0.4, 0.5) is 8.78 Å². The van der Waals surface area contributed by atoms with Crippen molar-refractivity contribution in [1.82, 2.24) is 0 Å². The molecule has 1 saturated carbocycles. The lowest BCUT2D eigenvalue weighted by atomic mass is 9.99. The van der Waals surface area contributed by atoms with Crippen LogP contribution in [0.2, 0.25) is 0 Å². The first-order chi connectivity index (χ1) is 11.3. The highest BCUT2D eigenvalue weighted by Crippen LogP contribution is 2.36. The number of rotatable bonds is 7. The van der Waals surface area contributed by atoms with Gasteiger partial charge in [0.25, 0.3) is 0 Å². The average molecular weight is 342 g/mol. The summed E-state index contributed by atoms with van der Waals surface area (Å²) in [7, 11) is 0. The van der Waals surface area contributed by atoms with Gasteiger partial charge in [0.1, 0.15) is 11.4 Å². The van der Waals surface area contributed by atoms with E-state index in [0.29, 0.717) is 5.75 Å². The summed E-state index contributed by atoms with van der Waals surface area (Å²) in [5, 5.41) is 8.29. The van der Waals surface area contributed by atoms with Crippen LogP contribution in [0.25, 0.3) is 0 Å². The molecule has 0 spiro atoms. The SMILES string of the molecule is CCC1(Oc2ccc(C(=O)OCC(F)(F)C(=O)O)cc2)CCCC1. The average Bonchev–Trinajstić information content (AvgIpc) is 3.02. The molecule has 0 saturated heterocycles. The fourth-order valence-electron chi connectivity index (χ4n) is 2.76. The van der Waals surface area contributed by atoms with Gasteiger partial charge in [-0.25, -0.2) is 9.59 Å². The highest BCUT2D eigenvalue weighted by Gasteiger charge is 2.40. The lowest BCUT2D eigenvalue weighted by Crippen LogP contribution is -2.34. The molecule has 0 aromatic heterocycles. The molecule has 132 valence electrons. The normalized spacial score (nSPS) is 16.6. The number of carboxylic acid groups (broad SMARTS) is 1. The molecule has 0 atom stereocenters. The number of hydrogen-bond acceptors (Lipinski definition) is 4. The minimum atomic E-state index is -4.10. The van der Waals surface area contributed by atoms with Crippen molar-refractivity contribution < 1.29 is 33.0 Å². The number of esters is 1. The molecule has 0 heterocycles. The topological polar surface area (TPSA) is 72.8 Å². The number of carbonyl (C=O) groups excluding carboxylic acids is 1. The number of carbonyl (C=O) groups is 2. The Bertz CT molecular complexity index is 592. The van der Waals surface area contributed by atoms with Crippen LogP contribution in [-0.2, 0) is 9.53 Å². The van der Waals surface area contributed by atoms with Crippen LogP contribution in [0.15, 0.2) is 24.3 Å². The number of aliphatic carboxylic acids is 1. The number of alkyl halides is 2. The molecule has 7 heteroatoms. The summed E-state index contributed by atoms with van der Waals surface area (Å²) in [6, 6.07) is 5.99. The van der Waals surface area contributed by atoms with E-state index in [-0.39, 0.29) is 11.2 Å². The Hall–Kier alpha value is -2.18. The molecule has 0 bridgehead atoms. The van der Waals surface area contributed by atoms with Crippen molar-refractivity contribution >= 4 is 11.9 Å². The molecule has 1 aliphatic carbocycles. The monoisotopic (exact) mass is 342 g/mol. The van der Waals surface area contributed by atoms with Crippen LogP contribution in [-0.4, -0.2) is 35.2 Å². The fourth-order valence-corrected chi connectivity index (χ4v) is 2.76. The minimum Gasteiger partial charge on any atom is -0.487 e. The molecular formula is C17H20F2O5. The van der Waals surface area contributed by atoms with Crippen molar-refractivity contribution in [2.75, 3.05) is 6.61 Å². The molecule has 0 radical (unpaired) electrons. The van der Waals surface area contributed by atoms with Gasteiger partial charge in [-0.05, 0) is 56.4 Å². The Morgan fingerprint density at radius 3 is 2.29 bits per heavy atom. The van der Waals surface area contributed by atoms with Gasteiger partial charge in [0, 0.05) is 0 Å². The summed E-state index contributed by atoms with van der Waals surface area (Å²) >= 11 is 0. The molecule has 1 N–H and O–H groups in total. The molecule has 2 rings (SSSR count). The van der Waals surface area contributed by atoms with E-state index < -0.39 is 24.5 Å². The van der Waals surface area contributed by atoms with E-state index >= 15 is 0 Å². The summed E-state index contributed by atoms with van der Waals surface area (Å²) in [5.41, 5.74) is -0.119. The quantitative estimate of drug-likeness (QED) is 0.766. The summed E-state index contributed by atoms with van der Waals surface area (Å²) in [6.07, 6.45) is 5.10. The number of hydrogen-bond donors (Lipinski definition) is 1. The third kappa shape index (κ3) is 4.21. The van der Waals surface area contributed by atoms with Gasteiger partial charge in [0.2, 0.25) is 0 Å². The zero-order valence-corrected chi connectivity index (χ0v) is 13.4. The van der Waals surface area contributed by atoms with Crippen LogP contribution < -0.4 is 4.74 Å². The molecule has 0 aliphatic heterocycles. The highest BCUT2D eigenvalue weighted by atomic mass is 19.3. The first-order valence-corrected chi connectivity index (χ1v) is 7.85. The Kier molecular flexibility index (Phi) is 5.41. The minimum absolute atomic E-state index is 0.0560. The largest absolute Gasteiger partial charge is 0.487 e. The first-order valence-electron chi connectivity index (χ1n) is 7.85. The molecule has 24 heavy (non-hydrogen) atoms. The predicted molar refractivity (Wildman–Crippen MR) is 81.4 cm³/mol. The van der Waals surface area contributed by atoms with Crippen molar-refractivity contribution in [2.24, 2.45) is 0 Å². The fraction of sp³-hybridized carbons (Fsp3) is 0.529. The third-order valence-corrected chi connectivity index (χ3v) is 4.28. The van der Waals surface area contributed by atoms with Crippen LogP contribution in [0.5, 0.6) is 5.75 Å². The standard InChI is InChI=1S/C17H20F2O5/c1-2-16(9-3-4-10-16)24-13-7-5-12(6-8-13)14(20)23-11-17(18,19)15(21)22/h5-8H,2-4,9-11H2,1H3,(H,21,22). The summed E-state index contributed by atoms with van der Waals surface area (Å²) < 4.78 is 36.2. The van der Waals surface area contributed by atoms with Crippen molar-refractivity contribution in [2.45, 2.75) is 50.6 Å². The first kappa shape index (κ1) is 18.2. The second-order valence-electron chi connectivity index (χ2n) is 5.96. The number of halogens is 2. The van der Waals surface area contributed by atoms with Gasteiger partial charge in [0.05, 0.1) is 5.56 Å². The van der Waals surface area contributed by atoms with Crippen LogP contribution >= 0.6 is 0 Å². The highest BCUT2D eigenvalue weighted by molar-refractivity contribution is 5.89. The van der Waals surface area contributed by atoms with E-state index in [4.69, 9.17) is 9.84 Å². The zero-order chi connectivity index (χ0) is 17.8. The molecule has 1 aliphatic rings. The van der Waals surface area contributed by atoms with Crippen LogP contribution in [0, 0.1) is 0 Å². The molecular weight excluding hydrogens is 322 g/mol. The van der Waals surface area contributed by atoms with Crippen molar-refractivity contribution in [3.05, 3.63) is 29.8 Å². The van der Waals surface area contributed by atoms with Gasteiger partial charge in [-0.3, -0.25) is 0 Å². The zero-order valence-electron chi connectivity index (χ0n) is 13.4. The van der Waals surface area contributed by atoms with Gasteiger partial charge < -0.3 is 14.6 Å². The van der Waals surface area contributed by atoms with Gasteiger partial charge in [-0.2, -0.15) is 8.78 Å². The maximum Gasteiger partial charge on any atom is 0.378 e. The molecule has 5 nitrogen and oxygen atoms in total. The van der Waals surface area contributed by atoms with E-state index in [1.165, 1.54) is 12.1 Å². The lowest BCUT2D eigenvalue weighted by Gasteiger charge is -2.29. The Balaban J connectivity index is 1.96. The van der Waals surface area contributed by atoms with Crippen LogP contribution in [0.3, 0.4) is 0 Å². The van der Waals surface area contributed by atoms with Gasteiger partial charge in [-0.15, -0.1) is 0 Å². The smallest absolute Gasteiger partial charge is 0.378 e. The Labute approximate surface area is 138 Å². The summed E-state index contributed by atoms with van der Waals surface area (Å²) in [4.78, 5) is 22.0. The van der Waals surface area contributed by atoms with Crippen LogP contribution in [0.1, 0.15) is 49.4 Å². The molecule has 1 aromatic rings. The maximum atomic E-state index is 12.9. The number of carboxylic acids is 1. The Morgan fingerprint density at radius 2 is 1.79 bits per heavy atom. The third-order valence-electron chi connectivity index (χ3n) is 4.28. The number of benzene rings is 1. The van der Waals surface area contributed by atoms with Gasteiger partial charge in [-0.1, -0.05) is 6.92 Å². The summed E-state index contributed by atoms with van der Waals surface area (Å²) in [5.74, 6) is -6.84. The summed E-state index contributed by atoms with van der Waals surface area (Å²) in [6.45, 7) is 0.568. The van der Waals surface area contributed by atoms with E-state index in [2.05, 4.69) is 11.7 Å². The van der Waals surface area contributed by atoms with E-state index in [9.17, 15) is 18.4 Å². The van der Waals surface area contributed by atoms with Crippen molar-refractivity contribution in [3.8, 4) is 5.75 Å². The van der Waals surface area contributed by atoms with Gasteiger partial charge >= 0.3 is 17.9 Å². The molecule has 1 fully saturated rings. The number of ether oxygens (including phenoxy) is 2. The second kappa shape index (κ2) is 7.15. The van der Waals surface area contributed by atoms with E-state index in [1.54, 1.807) is 12.1 Å². The Morgan fingerprint density at radius 1 is 1.21 bits per heavy atom. The van der Waals surface area contributed by atoms with E-state index in [0.717, 1.165) is 32.1 Å². The molecule has 0 amide bonds. The maximum absolute atomic E-state index is 12.9. The van der Waals surface area contributed by atoms with Gasteiger partial charge in [0.15, 0.2) is 6.61 Å². The van der Waals surface area contributed by atoms with Crippen molar-refractivity contribution in [3.63, 3.8) is 0 Å². The molecule has 0 unspecified atom stereocenters. The predicted octanol–water partition coefficient (Wildman–Crippen LogP) is 3.66. The second-order valence-corrected chi connectivity index (χ2v) is 5.96.